The highest BCUT2D eigenvalue weighted by Gasteiger charge is 2.12. The Labute approximate surface area is 230 Å². The van der Waals surface area contributed by atoms with Crippen LogP contribution in [-0.4, -0.2) is 59.0 Å². The molecule has 12 heteroatoms. The fourth-order valence-corrected chi connectivity index (χ4v) is 3.94. The topological polar surface area (TPSA) is 144 Å². The molecular weight excluding hydrogens is 507 g/mol. The average Bonchev–Trinajstić information content (AvgIpc) is 3.44. The summed E-state index contributed by atoms with van der Waals surface area (Å²) in [6.45, 7) is 0. The average molecular weight is 532 g/mol. The molecule has 5 aromatic heterocycles. The van der Waals surface area contributed by atoms with Crippen LogP contribution in [0.5, 0.6) is 5.75 Å². The van der Waals surface area contributed by atoms with E-state index in [1.54, 1.807) is 48.7 Å². The van der Waals surface area contributed by atoms with Gasteiger partial charge in [0.05, 0.1) is 24.7 Å². The van der Waals surface area contributed by atoms with Gasteiger partial charge in [-0.3, -0.25) is 19.6 Å². The normalized spacial score (nSPS) is 10.5. The monoisotopic (exact) mass is 532 g/mol. The SMILES string of the molecule is COc1cc(-c2cnn(C)c2)ccc1Nc1ncc2ccnc(-c3ccncc3)c2n1.OB(O)c1ccncc1. The summed E-state index contributed by atoms with van der Waals surface area (Å²) in [5, 5.41) is 25.5. The number of aromatic nitrogens is 7. The Balaban J connectivity index is 0.000000306. The van der Waals surface area contributed by atoms with Crippen LogP contribution >= 0.6 is 0 Å². The highest BCUT2D eigenvalue weighted by Crippen LogP contribution is 2.32. The lowest BCUT2D eigenvalue weighted by molar-refractivity contribution is 0.417. The molecule has 0 fully saturated rings. The van der Waals surface area contributed by atoms with Gasteiger partial charge in [-0.15, -0.1) is 0 Å². The summed E-state index contributed by atoms with van der Waals surface area (Å²) in [6, 6.07) is 14.7. The van der Waals surface area contributed by atoms with Crippen LogP contribution in [0.1, 0.15) is 0 Å². The minimum atomic E-state index is -1.38. The van der Waals surface area contributed by atoms with Gasteiger partial charge in [-0.05, 0) is 53.5 Å². The summed E-state index contributed by atoms with van der Waals surface area (Å²) in [5.41, 5.74) is 5.75. The molecule has 0 bridgehead atoms. The van der Waals surface area contributed by atoms with Crippen LogP contribution in [0.15, 0.2) is 98.1 Å². The van der Waals surface area contributed by atoms with Crippen LogP contribution in [0.2, 0.25) is 0 Å². The molecule has 3 N–H and O–H groups in total. The number of fused-ring (bicyclic) bond motifs is 1. The number of nitrogens with one attached hydrogen (secondary N) is 1. The first-order chi connectivity index (χ1) is 19.5. The minimum absolute atomic E-state index is 0.461. The van der Waals surface area contributed by atoms with Crippen molar-refractivity contribution >= 4 is 35.1 Å². The molecule has 11 nitrogen and oxygen atoms in total. The third kappa shape index (κ3) is 6.09. The van der Waals surface area contributed by atoms with E-state index in [2.05, 4.69) is 30.4 Å². The van der Waals surface area contributed by atoms with E-state index >= 15 is 0 Å². The highest BCUT2D eigenvalue weighted by molar-refractivity contribution is 6.58. The van der Waals surface area contributed by atoms with Crippen LogP contribution in [0, 0.1) is 0 Å². The Morgan fingerprint density at radius 3 is 2.23 bits per heavy atom. The standard InChI is InChI=1S/C23H19N7O.C5H6BNO2/c1-30-14-18(13-27-30)16-3-4-19(20(11-16)31-2)28-23-26-12-17-7-10-25-21(22(17)29-23)15-5-8-24-9-6-15;8-6(9)5-1-3-7-4-2-5/h3-14H,1-2H3,(H,26,28,29);1-4,8-9H. The summed E-state index contributed by atoms with van der Waals surface area (Å²) in [5.74, 6) is 1.15. The Morgan fingerprint density at radius 2 is 1.57 bits per heavy atom. The van der Waals surface area contributed by atoms with E-state index in [0.717, 1.165) is 39.0 Å². The molecule has 0 aliphatic rings. The predicted octanol–water partition coefficient (Wildman–Crippen LogP) is 3.00. The van der Waals surface area contributed by atoms with Gasteiger partial charge in [-0.1, -0.05) is 6.07 Å². The molecule has 0 radical (unpaired) electrons. The van der Waals surface area contributed by atoms with E-state index in [4.69, 9.17) is 19.8 Å². The van der Waals surface area contributed by atoms with Crippen molar-refractivity contribution in [3.8, 4) is 28.1 Å². The van der Waals surface area contributed by atoms with Gasteiger partial charge in [0.2, 0.25) is 5.95 Å². The smallest absolute Gasteiger partial charge is 0.488 e. The third-order valence-electron chi connectivity index (χ3n) is 5.94. The fraction of sp³-hybridized carbons (Fsp3) is 0.0714. The number of pyridine rings is 3. The van der Waals surface area contributed by atoms with Crippen molar-refractivity contribution in [3.05, 3.63) is 98.1 Å². The van der Waals surface area contributed by atoms with Crippen LogP contribution in [0.3, 0.4) is 0 Å². The number of rotatable bonds is 6. The summed E-state index contributed by atoms with van der Waals surface area (Å²) in [6.07, 6.45) is 13.8. The van der Waals surface area contributed by atoms with E-state index in [1.807, 2.05) is 55.8 Å². The summed E-state index contributed by atoms with van der Waals surface area (Å²) in [4.78, 5) is 21.5. The number of nitrogens with zero attached hydrogens (tertiary/aromatic N) is 7. The molecule has 6 aromatic rings. The zero-order valence-electron chi connectivity index (χ0n) is 21.7. The molecule has 5 heterocycles. The van der Waals surface area contributed by atoms with Gasteiger partial charge in [-0.2, -0.15) is 5.10 Å². The maximum atomic E-state index is 8.55. The molecular formula is C28H25BN8O3. The number of ether oxygens (including phenoxy) is 1. The number of hydrogen-bond donors (Lipinski definition) is 3. The largest absolute Gasteiger partial charge is 0.495 e. The number of methoxy groups -OCH3 is 1. The van der Waals surface area contributed by atoms with E-state index < -0.39 is 7.12 Å². The molecule has 0 saturated carbocycles. The number of aryl methyl sites for hydroxylation is 1. The maximum Gasteiger partial charge on any atom is 0.488 e. The first kappa shape index (κ1) is 26.4. The van der Waals surface area contributed by atoms with Crippen LogP contribution in [-0.2, 0) is 7.05 Å². The van der Waals surface area contributed by atoms with E-state index in [1.165, 1.54) is 12.4 Å². The minimum Gasteiger partial charge on any atom is -0.495 e. The first-order valence-corrected chi connectivity index (χ1v) is 12.2. The molecule has 6 rings (SSSR count). The van der Waals surface area contributed by atoms with E-state index in [-0.39, 0.29) is 0 Å². The molecule has 40 heavy (non-hydrogen) atoms. The fourth-order valence-electron chi connectivity index (χ4n) is 3.94. The lowest BCUT2D eigenvalue weighted by Crippen LogP contribution is -2.29. The molecule has 0 spiro atoms. The van der Waals surface area contributed by atoms with Crippen molar-refractivity contribution in [2.75, 3.05) is 12.4 Å². The second kappa shape index (κ2) is 12.1. The van der Waals surface area contributed by atoms with Gasteiger partial charge in [0.15, 0.2) is 0 Å². The molecule has 0 unspecified atom stereocenters. The Bertz CT molecular complexity index is 1720. The predicted molar refractivity (Wildman–Crippen MR) is 153 cm³/mol. The lowest BCUT2D eigenvalue weighted by Gasteiger charge is -2.12. The van der Waals surface area contributed by atoms with E-state index in [9.17, 15) is 0 Å². The zero-order valence-corrected chi connectivity index (χ0v) is 21.7. The van der Waals surface area contributed by atoms with Gasteiger partial charge in [0.1, 0.15) is 11.3 Å². The van der Waals surface area contributed by atoms with Crippen LogP contribution in [0.4, 0.5) is 11.6 Å². The van der Waals surface area contributed by atoms with Crippen molar-refractivity contribution in [2.24, 2.45) is 7.05 Å². The number of benzene rings is 1. The van der Waals surface area contributed by atoms with Crippen molar-refractivity contribution in [1.29, 1.82) is 0 Å². The molecule has 0 aliphatic carbocycles. The van der Waals surface area contributed by atoms with Gasteiger partial charge >= 0.3 is 7.12 Å². The Hall–Kier alpha value is -5.20. The molecule has 198 valence electrons. The molecule has 0 saturated heterocycles. The summed E-state index contributed by atoms with van der Waals surface area (Å²) < 4.78 is 7.37. The Morgan fingerprint density at radius 1 is 0.825 bits per heavy atom. The lowest BCUT2D eigenvalue weighted by atomic mass is 9.81. The van der Waals surface area contributed by atoms with Gasteiger partial charge in [-0.25, -0.2) is 9.97 Å². The van der Waals surface area contributed by atoms with E-state index in [0.29, 0.717) is 17.2 Å². The van der Waals surface area contributed by atoms with Crippen LogP contribution < -0.4 is 15.5 Å². The third-order valence-corrected chi connectivity index (χ3v) is 5.94. The summed E-state index contributed by atoms with van der Waals surface area (Å²) >= 11 is 0. The van der Waals surface area contributed by atoms with Crippen molar-refractivity contribution in [1.82, 2.24) is 34.7 Å². The van der Waals surface area contributed by atoms with Gasteiger partial charge in [0.25, 0.3) is 0 Å². The van der Waals surface area contributed by atoms with Crippen molar-refractivity contribution in [3.63, 3.8) is 0 Å². The van der Waals surface area contributed by atoms with Gasteiger partial charge in [0, 0.05) is 66.9 Å². The second-order valence-electron chi connectivity index (χ2n) is 8.62. The van der Waals surface area contributed by atoms with Crippen LogP contribution in [0.25, 0.3) is 33.3 Å². The first-order valence-electron chi connectivity index (χ1n) is 12.2. The number of anilines is 2. The van der Waals surface area contributed by atoms with Crippen molar-refractivity contribution < 1.29 is 14.8 Å². The molecule has 0 amide bonds. The molecule has 0 aliphatic heterocycles. The highest BCUT2D eigenvalue weighted by atomic mass is 16.5. The quantitative estimate of drug-likeness (QED) is 0.274. The second-order valence-corrected chi connectivity index (χ2v) is 8.62. The maximum absolute atomic E-state index is 8.55. The molecule has 1 aromatic carbocycles. The Kier molecular flexibility index (Phi) is 8.00. The summed E-state index contributed by atoms with van der Waals surface area (Å²) in [7, 11) is 2.15. The van der Waals surface area contributed by atoms with Gasteiger partial charge < -0.3 is 20.1 Å². The zero-order chi connectivity index (χ0) is 27.9. The van der Waals surface area contributed by atoms with Crippen molar-refractivity contribution in [2.45, 2.75) is 0 Å². The number of hydrogen-bond acceptors (Lipinski definition) is 10. The molecule has 0 atom stereocenters.